The molecule has 1 rings (SSSR count). The maximum Gasteiger partial charge on any atom is 0.236 e. The van der Waals surface area contributed by atoms with Gasteiger partial charge in [0.15, 0.2) is 0 Å². The van der Waals surface area contributed by atoms with E-state index in [2.05, 4.69) is 11.2 Å². The molecule has 1 aliphatic rings. The molecule has 1 amide bonds. The van der Waals surface area contributed by atoms with Crippen molar-refractivity contribution in [3.63, 3.8) is 0 Å². The number of amides is 1. The van der Waals surface area contributed by atoms with E-state index in [1.54, 1.807) is 0 Å². The number of likely N-dealkylation sites (N-methyl/N-ethyl adjacent to an activating group) is 1. The highest BCUT2D eigenvalue weighted by molar-refractivity contribution is 7.98. The Morgan fingerprint density at radius 2 is 2.13 bits per heavy atom. The summed E-state index contributed by atoms with van der Waals surface area (Å²) in [5.41, 5.74) is 0. The minimum absolute atomic E-state index is 0.243. The maximum atomic E-state index is 11.7. The predicted octanol–water partition coefficient (Wildman–Crippen LogP) is 1.15. The first-order valence-corrected chi connectivity index (χ1v) is 6.91. The summed E-state index contributed by atoms with van der Waals surface area (Å²) < 4.78 is 0. The summed E-state index contributed by atoms with van der Waals surface area (Å²) in [5.74, 6) is 2.27. The predicted molar refractivity (Wildman–Crippen MR) is 66.2 cm³/mol. The summed E-state index contributed by atoms with van der Waals surface area (Å²) in [6.45, 7) is 6.88. The Labute approximate surface area is 97.2 Å². The number of carbonyl (C=O) groups is 1. The second kappa shape index (κ2) is 5.75. The molecule has 1 saturated heterocycles. The lowest BCUT2D eigenvalue weighted by atomic mass is 10.0. The van der Waals surface area contributed by atoms with Gasteiger partial charge in [-0.3, -0.25) is 9.69 Å². The van der Waals surface area contributed by atoms with Gasteiger partial charge in [0.1, 0.15) is 0 Å². The molecule has 0 unspecified atom stereocenters. The van der Waals surface area contributed by atoms with Crippen molar-refractivity contribution in [1.82, 2.24) is 9.80 Å². The van der Waals surface area contributed by atoms with Gasteiger partial charge in [-0.15, -0.1) is 0 Å². The number of thioether (sulfide) groups is 1. The molecule has 1 fully saturated rings. The zero-order valence-electron chi connectivity index (χ0n) is 10.2. The van der Waals surface area contributed by atoms with E-state index in [9.17, 15) is 4.79 Å². The fraction of sp³-hybridized carbons (Fsp3) is 0.909. The van der Waals surface area contributed by atoms with Crippen LogP contribution in [0, 0.1) is 5.92 Å². The highest BCUT2D eigenvalue weighted by atomic mass is 32.2. The highest BCUT2D eigenvalue weighted by Crippen LogP contribution is 2.18. The second-order valence-corrected chi connectivity index (χ2v) is 5.52. The first kappa shape index (κ1) is 12.8. The Morgan fingerprint density at radius 1 is 1.53 bits per heavy atom. The fourth-order valence-electron chi connectivity index (χ4n) is 1.74. The summed E-state index contributed by atoms with van der Waals surface area (Å²) in [7, 11) is 1.88. The molecule has 15 heavy (non-hydrogen) atoms. The van der Waals surface area contributed by atoms with Crippen LogP contribution in [0.3, 0.4) is 0 Å². The molecule has 88 valence electrons. The number of hydrogen-bond acceptors (Lipinski definition) is 3. The van der Waals surface area contributed by atoms with E-state index in [0.717, 1.165) is 19.0 Å². The lowest BCUT2D eigenvalue weighted by Gasteiger charge is -2.39. The van der Waals surface area contributed by atoms with Crippen molar-refractivity contribution in [2.24, 2.45) is 5.92 Å². The molecule has 0 aromatic rings. The lowest BCUT2D eigenvalue weighted by Crippen LogP contribution is -2.52. The molecule has 4 heteroatoms. The second-order valence-electron chi connectivity index (χ2n) is 4.61. The van der Waals surface area contributed by atoms with Gasteiger partial charge in [0.05, 0.1) is 6.54 Å². The van der Waals surface area contributed by atoms with Gasteiger partial charge in [0.2, 0.25) is 5.91 Å². The zero-order chi connectivity index (χ0) is 11.4. The van der Waals surface area contributed by atoms with Crippen LogP contribution in [0.2, 0.25) is 0 Å². The Morgan fingerprint density at radius 3 is 2.60 bits per heavy atom. The van der Waals surface area contributed by atoms with Crippen molar-refractivity contribution in [3.05, 3.63) is 0 Å². The monoisotopic (exact) mass is 230 g/mol. The molecule has 0 bridgehead atoms. The first-order chi connectivity index (χ1) is 7.04. The molecule has 0 aromatic carbocycles. The molecule has 0 aromatic heterocycles. The minimum Gasteiger partial charge on any atom is -0.342 e. The smallest absolute Gasteiger partial charge is 0.236 e. The minimum atomic E-state index is 0.243. The van der Waals surface area contributed by atoms with Gasteiger partial charge < -0.3 is 4.90 Å². The van der Waals surface area contributed by atoms with Crippen LogP contribution in [0.4, 0.5) is 0 Å². The molecule has 0 spiro atoms. The van der Waals surface area contributed by atoms with Crippen LogP contribution < -0.4 is 0 Å². The van der Waals surface area contributed by atoms with Crippen molar-refractivity contribution in [2.75, 3.05) is 38.7 Å². The van der Waals surface area contributed by atoms with E-state index < -0.39 is 0 Å². The van der Waals surface area contributed by atoms with Gasteiger partial charge in [-0.1, -0.05) is 0 Å². The van der Waals surface area contributed by atoms with E-state index >= 15 is 0 Å². The van der Waals surface area contributed by atoms with Crippen molar-refractivity contribution >= 4 is 17.7 Å². The van der Waals surface area contributed by atoms with Crippen molar-refractivity contribution in [1.29, 1.82) is 0 Å². The Hall–Kier alpha value is -0.220. The van der Waals surface area contributed by atoms with Gasteiger partial charge in [-0.05, 0) is 31.8 Å². The molecule has 1 aliphatic heterocycles. The lowest BCUT2D eigenvalue weighted by molar-refractivity contribution is -0.134. The summed E-state index contributed by atoms with van der Waals surface area (Å²) >= 11 is 1.90. The number of carbonyl (C=O) groups excluding carboxylic acids is 1. The van der Waals surface area contributed by atoms with Crippen molar-refractivity contribution in [2.45, 2.75) is 19.9 Å². The Bertz CT molecular complexity index is 215. The summed E-state index contributed by atoms with van der Waals surface area (Å²) in [5, 5.41) is 0. The third kappa shape index (κ3) is 3.68. The quantitative estimate of drug-likeness (QED) is 0.708. The zero-order valence-corrected chi connectivity index (χ0v) is 11.0. The van der Waals surface area contributed by atoms with Crippen molar-refractivity contribution < 1.29 is 4.79 Å². The molecule has 0 atom stereocenters. The molecular weight excluding hydrogens is 208 g/mol. The Balaban J connectivity index is 2.19. The Kier molecular flexibility index (Phi) is 4.93. The topological polar surface area (TPSA) is 23.6 Å². The van der Waals surface area contributed by atoms with Crippen LogP contribution in [-0.4, -0.2) is 60.4 Å². The maximum absolute atomic E-state index is 11.7. The van der Waals surface area contributed by atoms with E-state index in [0.29, 0.717) is 12.6 Å². The van der Waals surface area contributed by atoms with Crippen LogP contribution in [0.1, 0.15) is 13.8 Å². The van der Waals surface area contributed by atoms with Crippen LogP contribution in [-0.2, 0) is 4.79 Å². The average molecular weight is 230 g/mol. The average Bonchev–Trinajstić information content (AvgIpc) is 2.13. The molecule has 3 nitrogen and oxygen atoms in total. The van der Waals surface area contributed by atoms with E-state index in [4.69, 9.17) is 0 Å². The first-order valence-electron chi connectivity index (χ1n) is 5.51. The van der Waals surface area contributed by atoms with Crippen LogP contribution in [0.5, 0.6) is 0 Å². The van der Waals surface area contributed by atoms with E-state index in [1.807, 2.05) is 37.6 Å². The van der Waals surface area contributed by atoms with E-state index in [1.165, 1.54) is 5.75 Å². The molecule has 0 aliphatic carbocycles. The normalized spacial score (nSPS) is 17.9. The highest BCUT2D eigenvalue weighted by Gasteiger charge is 2.28. The summed E-state index contributed by atoms with van der Waals surface area (Å²) in [4.78, 5) is 15.8. The molecule has 0 saturated carbocycles. The number of rotatable bonds is 5. The third-order valence-corrected chi connectivity index (χ3v) is 3.77. The fourth-order valence-corrected chi connectivity index (χ4v) is 2.42. The van der Waals surface area contributed by atoms with Gasteiger partial charge in [0.25, 0.3) is 0 Å². The van der Waals surface area contributed by atoms with E-state index in [-0.39, 0.29) is 5.91 Å². The summed E-state index contributed by atoms with van der Waals surface area (Å²) in [6.07, 6.45) is 2.14. The third-order valence-electron chi connectivity index (χ3n) is 2.96. The number of nitrogens with zero attached hydrogens (tertiary/aromatic N) is 2. The van der Waals surface area contributed by atoms with Gasteiger partial charge in [-0.25, -0.2) is 0 Å². The van der Waals surface area contributed by atoms with Crippen LogP contribution in [0.25, 0.3) is 0 Å². The van der Waals surface area contributed by atoms with Gasteiger partial charge >= 0.3 is 0 Å². The van der Waals surface area contributed by atoms with Gasteiger partial charge in [-0.2, -0.15) is 11.8 Å². The summed E-state index contributed by atoms with van der Waals surface area (Å²) in [6, 6.07) is 0.306. The molecular formula is C11H22N2OS. The molecule has 0 radical (unpaired) electrons. The molecule has 1 heterocycles. The largest absolute Gasteiger partial charge is 0.342 e. The SMILES string of the molecule is CSCC1CN(CC(=O)N(C)C(C)C)C1. The van der Waals surface area contributed by atoms with Crippen LogP contribution >= 0.6 is 11.8 Å². The number of hydrogen-bond donors (Lipinski definition) is 0. The standard InChI is InChI=1S/C11H22N2OS/c1-9(2)12(3)11(14)7-13-5-10(6-13)8-15-4/h9-10H,5-8H2,1-4H3. The number of likely N-dealkylation sites (tertiary alicyclic amines) is 1. The van der Waals surface area contributed by atoms with Crippen molar-refractivity contribution in [3.8, 4) is 0 Å². The van der Waals surface area contributed by atoms with Crippen LogP contribution in [0.15, 0.2) is 0 Å². The van der Waals surface area contributed by atoms with Gasteiger partial charge in [0, 0.05) is 26.2 Å². The molecule has 0 N–H and O–H groups in total.